The van der Waals surface area contributed by atoms with Gasteiger partial charge in [0.2, 0.25) is 0 Å². The molecular weight excluding hydrogens is 319 g/mol. The minimum absolute atomic E-state index is 0.0775. The van der Waals surface area contributed by atoms with Gasteiger partial charge in [0.25, 0.3) is 5.56 Å². The molecule has 0 spiro atoms. The summed E-state index contributed by atoms with van der Waals surface area (Å²) in [6.45, 7) is 4.54. The number of fused-ring (bicyclic) bond motifs is 3. The standard InChI is InChI=1S/C19H17FN4O/c1-3-15-17(12-5-7-13(20)8-6-12)18-21-11-14-16(24(18)22-15)9-10-23(4-2)19(14)25/h5-11H,3-4H2,1-2H3. The van der Waals surface area contributed by atoms with E-state index < -0.39 is 0 Å². The van der Waals surface area contributed by atoms with Gasteiger partial charge in [0, 0.05) is 24.5 Å². The van der Waals surface area contributed by atoms with E-state index in [2.05, 4.69) is 10.1 Å². The third-order valence-corrected chi connectivity index (χ3v) is 4.47. The van der Waals surface area contributed by atoms with Crippen LogP contribution in [-0.4, -0.2) is 19.2 Å². The summed E-state index contributed by atoms with van der Waals surface area (Å²) in [5.74, 6) is -0.281. The zero-order chi connectivity index (χ0) is 17.6. The Morgan fingerprint density at radius 1 is 1.12 bits per heavy atom. The molecule has 0 amide bonds. The number of hydrogen-bond acceptors (Lipinski definition) is 3. The summed E-state index contributed by atoms with van der Waals surface area (Å²) in [6.07, 6.45) is 4.09. The summed E-state index contributed by atoms with van der Waals surface area (Å²) < 4.78 is 16.6. The molecule has 3 heterocycles. The van der Waals surface area contributed by atoms with Crippen molar-refractivity contribution in [3.63, 3.8) is 0 Å². The SMILES string of the molecule is CCc1nn2c(ncc3c(=O)n(CC)ccc32)c1-c1ccc(F)cc1. The second kappa shape index (κ2) is 5.81. The lowest BCUT2D eigenvalue weighted by atomic mass is 10.0. The van der Waals surface area contributed by atoms with Crippen LogP contribution in [0.5, 0.6) is 0 Å². The van der Waals surface area contributed by atoms with Crippen LogP contribution in [0.15, 0.2) is 47.5 Å². The van der Waals surface area contributed by atoms with Crippen LogP contribution < -0.4 is 5.56 Å². The number of rotatable bonds is 3. The molecule has 0 N–H and O–H groups in total. The molecule has 0 bridgehead atoms. The van der Waals surface area contributed by atoms with Crippen LogP contribution in [0.4, 0.5) is 4.39 Å². The van der Waals surface area contributed by atoms with Gasteiger partial charge < -0.3 is 4.57 Å². The maximum Gasteiger partial charge on any atom is 0.261 e. The molecule has 25 heavy (non-hydrogen) atoms. The highest BCUT2D eigenvalue weighted by molar-refractivity contribution is 5.86. The predicted octanol–water partition coefficient (Wildman–Crippen LogP) is 3.43. The van der Waals surface area contributed by atoms with E-state index in [0.717, 1.165) is 22.3 Å². The Morgan fingerprint density at radius 3 is 2.56 bits per heavy atom. The van der Waals surface area contributed by atoms with Crippen molar-refractivity contribution < 1.29 is 4.39 Å². The largest absolute Gasteiger partial charge is 0.315 e. The molecule has 6 heteroatoms. The summed E-state index contributed by atoms with van der Waals surface area (Å²) in [5.41, 5.74) is 3.93. The Morgan fingerprint density at radius 2 is 1.88 bits per heavy atom. The van der Waals surface area contributed by atoms with E-state index in [-0.39, 0.29) is 11.4 Å². The third kappa shape index (κ3) is 2.33. The molecule has 0 aliphatic rings. The first-order valence-corrected chi connectivity index (χ1v) is 8.29. The highest BCUT2D eigenvalue weighted by Crippen LogP contribution is 2.29. The fraction of sp³-hybridized carbons (Fsp3) is 0.211. The van der Waals surface area contributed by atoms with Gasteiger partial charge in [-0.2, -0.15) is 5.10 Å². The molecule has 1 aromatic carbocycles. The molecule has 4 rings (SSSR count). The number of benzene rings is 1. The lowest BCUT2D eigenvalue weighted by Gasteiger charge is -2.05. The lowest BCUT2D eigenvalue weighted by molar-refractivity contribution is 0.628. The smallest absolute Gasteiger partial charge is 0.261 e. The number of aryl methyl sites for hydroxylation is 2. The molecule has 0 radical (unpaired) electrons. The quantitative estimate of drug-likeness (QED) is 0.576. The van der Waals surface area contributed by atoms with Crippen LogP contribution in [0.3, 0.4) is 0 Å². The van der Waals surface area contributed by atoms with Crippen molar-refractivity contribution in [1.29, 1.82) is 0 Å². The minimum Gasteiger partial charge on any atom is -0.315 e. The van der Waals surface area contributed by atoms with Crippen LogP contribution in [0.1, 0.15) is 19.5 Å². The zero-order valence-electron chi connectivity index (χ0n) is 14.0. The van der Waals surface area contributed by atoms with Crippen LogP contribution >= 0.6 is 0 Å². The van der Waals surface area contributed by atoms with Crippen molar-refractivity contribution >= 4 is 16.6 Å². The molecule has 4 aromatic rings. The van der Waals surface area contributed by atoms with Gasteiger partial charge in [-0.3, -0.25) is 4.79 Å². The molecule has 0 aliphatic carbocycles. The van der Waals surface area contributed by atoms with Gasteiger partial charge in [0.05, 0.1) is 16.6 Å². The highest BCUT2D eigenvalue weighted by atomic mass is 19.1. The molecule has 0 saturated heterocycles. The maximum atomic E-state index is 13.3. The van der Waals surface area contributed by atoms with E-state index in [1.165, 1.54) is 12.1 Å². The molecule has 0 atom stereocenters. The van der Waals surface area contributed by atoms with Gasteiger partial charge >= 0.3 is 0 Å². The molecule has 0 saturated carbocycles. The zero-order valence-corrected chi connectivity index (χ0v) is 14.0. The summed E-state index contributed by atoms with van der Waals surface area (Å²) in [5, 5.41) is 5.20. The first-order valence-electron chi connectivity index (χ1n) is 8.29. The first-order chi connectivity index (χ1) is 12.1. The van der Waals surface area contributed by atoms with Gasteiger partial charge in [-0.25, -0.2) is 13.9 Å². The summed E-state index contributed by atoms with van der Waals surface area (Å²) in [4.78, 5) is 17.0. The molecule has 3 aromatic heterocycles. The lowest BCUT2D eigenvalue weighted by Crippen LogP contribution is -2.19. The van der Waals surface area contributed by atoms with E-state index in [4.69, 9.17) is 0 Å². The van der Waals surface area contributed by atoms with E-state index in [0.29, 0.717) is 24.0 Å². The van der Waals surface area contributed by atoms with Crippen LogP contribution in [0.2, 0.25) is 0 Å². The Kier molecular flexibility index (Phi) is 3.60. The second-order valence-electron chi connectivity index (χ2n) is 5.88. The van der Waals surface area contributed by atoms with Gasteiger partial charge in [-0.1, -0.05) is 19.1 Å². The van der Waals surface area contributed by atoms with Crippen LogP contribution in [-0.2, 0) is 13.0 Å². The van der Waals surface area contributed by atoms with Crippen molar-refractivity contribution in [2.24, 2.45) is 0 Å². The predicted molar refractivity (Wildman–Crippen MR) is 95.2 cm³/mol. The Hall–Kier alpha value is -3.02. The monoisotopic (exact) mass is 336 g/mol. The Labute approximate surface area is 143 Å². The summed E-state index contributed by atoms with van der Waals surface area (Å²) >= 11 is 0. The van der Waals surface area contributed by atoms with Gasteiger partial charge in [-0.05, 0) is 37.1 Å². The molecule has 5 nitrogen and oxygen atoms in total. The second-order valence-corrected chi connectivity index (χ2v) is 5.88. The average molecular weight is 336 g/mol. The molecule has 0 unspecified atom stereocenters. The summed E-state index contributed by atoms with van der Waals surface area (Å²) in [7, 11) is 0. The minimum atomic E-state index is -0.281. The third-order valence-electron chi connectivity index (χ3n) is 4.47. The number of pyridine rings is 1. The highest BCUT2D eigenvalue weighted by Gasteiger charge is 2.17. The molecule has 0 aliphatic heterocycles. The number of hydrogen-bond donors (Lipinski definition) is 0. The fourth-order valence-electron chi connectivity index (χ4n) is 3.16. The molecule has 126 valence electrons. The van der Waals surface area contributed by atoms with Crippen LogP contribution in [0.25, 0.3) is 27.7 Å². The Bertz CT molecular complexity index is 1140. The fourth-order valence-corrected chi connectivity index (χ4v) is 3.16. The number of nitrogens with zero attached hydrogens (tertiary/aromatic N) is 4. The average Bonchev–Trinajstić information content (AvgIpc) is 3.02. The van der Waals surface area contributed by atoms with E-state index in [9.17, 15) is 9.18 Å². The number of aromatic nitrogens is 4. The van der Waals surface area contributed by atoms with Crippen molar-refractivity contribution in [2.75, 3.05) is 0 Å². The summed E-state index contributed by atoms with van der Waals surface area (Å²) in [6, 6.07) is 8.20. The van der Waals surface area contributed by atoms with Crippen molar-refractivity contribution in [1.82, 2.24) is 19.2 Å². The first kappa shape index (κ1) is 15.5. The van der Waals surface area contributed by atoms with Gasteiger partial charge in [0.15, 0.2) is 5.65 Å². The van der Waals surface area contributed by atoms with Gasteiger partial charge in [0.1, 0.15) is 5.82 Å². The Balaban J connectivity index is 2.08. The molecule has 0 fully saturated rings. The topological polar surface area (TPSA) is 52.2 Å². The van der Waals surface area contributed by atoms with E-state index in [1.807, 2.05) is 19.9 Å². The normalized spacial score (nSPS) is 11.5. The van der Waals surface area contributed by atoms with Crippen LogP contribution in [0, 0.1) is 5.82 Å². The van der Waals surface area contributed by atoms with E-state index >= 15 is 0 Å². The van der Waals surface area contributed by atoms with Crippen molar-refractivity contribution in [3.05, 3.63) is 64.6 Å². The van der Waals surface area contributed by atoms with Crippen molar-refractivity contribution in [3.8, 4) is 11.1 Å². The van der Waals surface area contributed by atoms with E-state index in [1.54, 1.807) is 33.6 Å². The number of halogens is 1. The molecular formula is C19H17FN4O. The maximum absolute atomic E-state index is 13.3. The van der Waals surface area contributed by atoms with Gasteiger partial charge in [-0.15, -0.1) is 0 Å². The van der Waals surface area contributed by atoms with Crippen molar-refractivity contribution in [2.45, 2.75) is 26.8 Å².